The van der Waals surface area contributed by atoms with Crippen molar-refractivity contribution in [2.45, 2.75) is 13.8 Å². The second kappa shape index (κ2) is 6.40. The molecule has 0 aliphatic carbocycles. The molecular formula is C23H20N2. The maximum Gasteiger partial charge on any atom is 0.145 e. The van der Waals surface area contributed by atoms with Crippen molar-refractivity contribution in [1.82, 2.24) is 9.55 Å². The molecule has 0 fully saturated rings. The highest BCUT2D eigenvalue weighted by Crippen LogP contribution is 2.33. The van der Waals surface area contributed by atoms with E-state index in [-0.39, 0.29) is 0 Å². The fourth-order valence-corrected chi connectivity index (χ4v) is 3.39. The van der Waals surface area contributed by atoms with E-state index >= 15 is 0 Å². The summed E-state index contributed by atoms with van der Waals surface area (Å²) >= 11 is 0. The van der Waals surface area contributed by atoms with Crippen LogP contribution in [0.5, 0.6) is 0 Å². The fraction of sp³-hybridized carbons (Fsp3) is 0.0870. The van der Waals surface area contributed by atoms with Crippen LogP contribution in [0, 0.1) is 0 Å². The van der Waals surface area contributed by atoms with E-state index in [0.717, 1.165) is 11.3 Å². The van der Waals surface area contributed by atoms with E-state index in [4.69, 9.17) is 0 Å². The van der Waals surface area contributed by atoms with Gasteiger partial charge in [-0.25, -0.2) is 4.98 Å². The molecule has 0 radical (unpaired) electrons. The number of hydrogen-bond donors (Lipinski definition) is 0. The summed E-state index contributed by atoms with van der Waals surface area (Å²) < 4.78 is 2.24. The molecule has 2 aromatic heterocycles. The molecule has 0 atom stereocenters. The first-order valence-electron chi connectivity index (χ1n) is 8.57. The van der Waals surface area contributed by atoms with Crippen LogP contribution in [-0.2, 0) is 0 Å². The lowest BCUT2D eigenvalue weighted by molar-refractivity contribution is 1.17. The van der Waals surface area contributed by atoms with Crippen LogP contribution in [0.15, 0.2) is 85.1 Å². The monoisotopic (exact) mass is 324 g/mol. The first-order valence-corrected chi connectivity index (χ1v) is 8.57. The van der Waals surface area contributed by atoms with E-state index in [2.05, 4.69) is 83.2 Å². The molecule has 2 heteroatoms. The summed E-state index contributed by atoms with van der Waals surface area (Å²) in [7, 11) is 0. The lowest BCUT2D eigenvalue weighted by Crippen LogP contribution is -1.95. The molecule has 0 spiro atoms. The minimum Gasteiger partial charge on any atom is -0.294 e. The van der Waals surface area contributed by atoms with Crippen LogP contribution >= 0.6 is 0 Å². The van der Waals surface area contributed by atoms with Crippen molar-refractivity contribution >= 4 is 27.6 Å². The van der Waals surface area contributed by atoms with E-state index < -0.39 is 0 Å². The van der Waals surface area contributed by atoms with Gasteiger partial charge in [0.05, 0.1) is 5.52 Å². The number of aromatic nitrogens is 2. The number of nitrogens with zero attached hydrogens (tertiary/aromatic N) is 2. The summed E-state index contributed by atoms with van der Waals surface area (Å²) in [5.74, 6) is 0. The minimum atomic E-state index is 0.994. The Kier molecular flexibility index (Phi) is 3.95. The van der Waals surface area contributed by atoms with Crippen molar-refractivity contribution in [3.8, 4) is 11.1 Å². The van der Waals surface area contributed by atoms with E-state index in [1.54, 1.807) is 0 Å². The molecule has 25 heavy (non-hydrogen) atoms. The average molecular weight is 324 g/mol. The Hall–Kier alpha value is -3.13. The van der Waals surface area contributed by atoms with E-state index in [9.17, 15) is 0 Å². The summed E-state index contributed by atoms with van der Waals surface area (Å²) in [6.45, 7) is 4.10. The second-order valence-corrected chi connectivity index (χ2v) is 6.02. The van der Waals surface area contributed by atoms with Gasteiger partial charge in [0.25, 0.3) is 0 Å². The Labute approximate surface area is 147 Å². The van der Waals surface area contributed by atoms with Crippen molar-refractivity contribution in [2.75, 3.05) is 0 Å². The van der Waals surface area contributed by atoms with Crippen LogP contribution < -0.4 is 0 Å². The zero-order valence-electron chi connectivity index (χ0n) is 14.5. The van der Waals surface area contributed by atoms with Crippen molar-refractivity contribution in [3.63, 3.8) is 0 Å². The smallest absolute Gasteiger partial charge is 0.145 e. The minimum absolute atomic E-state index is 0.994. The molecule has 0 unspecified atom stereocenters. The summed E-state index contributed by atoms with van der Waals surface area (Å²) in [6.07, 6.45) is 8.17. The van der Waals surface area contributed by atoms with Crippen molar-refractivity contribution in [1.29, 1.82) is 0 Å². The summed E-state index contributed by atoms with van der Waals surface area (Å²) in [5, 5.41) is 2.41. The molecule has 122 valence electrons. The zero-order chi connectivity index (χ0) is 17.2. The second-order valence-electron chi connectivity index (χ2n) is 6.02. The van der Waals surface area contributed by atoms with Crippen molar-refractivity contribution < 1.29 is 0 Å². The van der Waals surface area contributed by atoms with Crippen LogP contribution in [0.2, 0.25) is 0 Å². The Morgan fingerprint density at radius 2 is 1.72 bits per heavy atom. The quantitative estimate of drug-likeness (QED) is 0.405. The van der Waals surface area contributed by atoms with Gasteiger partial charge in [-0.1, -0.05) is 48.6 Å². The Bertz CT molecular complexity index is 1100. The highest BCUT2D eigenvalue weighted by Gasteiger charge is 2.13. The average Bonchev–Trinajstić information content (AvgIpc) is 3.00. The standard InChI is InChI=1S/C23H20N2/c1-3-9-19(4-2)25-22-14-13-18(17-10-6-5-7-11-17)16-21(22)20-12-8-15-24-23(20)25/h3-16H,1-2H3. The first kappa shape index (κ1) is 15.4. The van der Waals surface area contributed by atoms with Gasteiger partial charge in [-0.15, -0.1) is 0 Å². The van der Waals surface area contributed by atoms with Crippen LogP contribution in [-0.4, -0.2) is 9.55 Å². The van der Waals surface area contributed by atoms with E-state index in [1.165, 1.54) is 27.4 Å². The van der Waals surface area contributed by atoms with Crippen LogP contribution in [0.3, 0.4) is 0 Å². The number of rotatable bonds is 3. The van der Waals surface area contributed by atoms with Gasteiger partial charge in [0.15, 0.2) is 0 Å². The molecule has 2 nitrogen and oxygen atoms in total. The molecule has 0 bridgehead atoms. The molecule has 0 N–H and O–H groups in total. The molecule has 4 aromatic rings. The highest BCUT2D eigenvalue weighted by molar-refractivity contribution is 6.10. The van der Waals surface area contributed by atoms with Gasteiger partial charge in [0.1, 0.15) is 5.65 Å². The molecule has 0 aliphatic rings. The Balaban J connectivity index is 2.06. The van der Waals surface area contributed by atoms with Crippen molar-refractivity contribution in [2.24, 2.45) is 0 Å². The molecule has 2 aromatic carbocycles. The van der Waals surface area contributed by atoms with E-state index in [1.807, 2.05) is 25.3 Å². The van der Waals surface area contributed by atoms with Crippen molar-refractivity contribution in [3.05, 3.63) is 85.1 Å². The van der Waals surface area contributed by atoms with Gasteiger partial charge in [-0.05, 0) is 55.3 Å². The van der Waals surface area contributed by atoms with E-state index in [0.29, 0.717) is 0 Å². The predicted octanol–water partition coefficient (Wildman–Crippen LogP) is 6.29. The Morgan fingerprint density at radius 1 is 0.880 bits per heavy atom. The summed E-state index contributed by atoms with van der Waals surface area (Å²) in [4.78, 5) is 4.66. The number of allylic oxidation sites excluding steroid dienone is 4. The number of fused-ring (bicyclic) bond motifs is 3. The maximum atomic E-state index is 4.66. The van der Waals surface area contributed by atoms with Crippen LogP contribution in [0.4, 0.5) is 0 Å². The molecule has 0 saturated heterocycles. The first-order chi connectivity index (χ1) is 12.3. The van der Waals surface area contributed by atoms with Gasteiger partial charge in [-0.3, -0.25) is 4.57 Å². The fourth-order valence-electron chi connectivity index (χ4n) is 3.39. The van der Waals surface area contributed by atoms with Gasteiger partial charge in [-0.2, -0.15) is 0 Å². The number of benzene rings is 2. The lowest BCUT2D eigenvalue weighted by atomic mass is 10.0. The zero-order valence-corrected chi connectivity index (χ0v) is 14.5. The van der Waals surface area contributed by atoms with Gasteiger partial charge in [0, 0.05) is 22.7 Å². The normalized spacial score (nSPS) is 12.5. The van der Waals surface area contributed by atoms with Gasteiger partial charge < -0.3 is 0 Å². The Morgan fingerprint density at radius 3 is 2.48 bits per heavy atom. The molecular weight excluding hydrogens is 304 g/mol. The number of pyridine rings is 1. The molecule has 0 amide bonds. The van der Waals surface area contributed by atoms with Gasteiger partial charge in [0.2, 0.25) is 0 Å². The molecule has 0 saturated carbocycles. The summed E-state index contributed by atoms with van der Waals surface area (Å²) in [6, 6.07) is 21.3. The van der Waals surface area contributed by atoms with Crippen LogP contribution in [0.25, 0.3) is 38.8 Å². The number of hydrogen-bond acceptors (Lipinski definition) is 1. The SMILES string of the molecule is CC=CC(=CC)n1c2ccc(-c3ccccc3)cc2c2cccnc21. The third kappa shape index (κ3) is 2.56. The molecule has 4 rings (SSSR count). The maximum absolute atomic E-state index is 4.66. The molecule has 0 aliphatic heterocycles. The molecule has 2 heterocycles. The van der Waals surface area contributed by atoms with Crippen LogP contribution in [0.1, 0.15) is 13.8 Å². The summed E-state index contributed by atoms with van der Waals surface area (Å²) in [5.41, 5.74) is 5.76. The third-order valence-corrected chi connectivity index (χ3v) is 4.52. The largest absolute Gasteiger partial charge is 0.294 e. The van der Waals surface area contributed by atoms with Gasteiger partial charge >= 0.3 is 0 Å². The lowest BCUT2D eigenvalue weighted by Gasteiger charge is -2.08. The predicted molar refractivity (Wildman–Crippen MR) is 107 cm³/mol. The third-order valence-electron chi connectivity index (χ3n) is 4.52. The highest BCUT2D eigenvalue weighted by atomic mass is 15.0. The topological polar surface area (TPSA) is 17.8 Å².